The Morgan fingerprint density at radius 3 is 2.33 bits per heavy atom. The highest BCUT2D eigenvalue weighted by molar-refractivity contribution is 7.75. The Morgan fingerprint density at radius 2 is 1.73 bits per heavy atom. The molecule has 82 valence electrons. The maximum absolute atomic E-state index is 5.37. The number of rotatable bonds is 3. The summed E-state index contributed by atoms with van der Waals surface area (Å²) in [5, 5.41) is 0. The van der Waals surface area contributed by atoms with E-state index in [1.54, 1.807) is 0 Å². The van der Waals surface area contributed by atoms with Crippen molar-refractivity contribution in [2.45, 2.75) is 38.2 Å². The molecule has 1 aromatic carbocycles. The van der Waals surface area contributed by atoms with E-state index in [9.17, 15) is 0 Å². The maximum Gasteiger partial charge on any atom is 0.0996 e. The summed E-state index contributed by atoms with van der Waals surface area (Å²) < 4.78 is 5.37. The van der Waals surface area contributed by atoms with Crippen LogP contribution in [0.2, 0.25) is 0 Å². The molecule has 0 radical (unpaired) electrons. The highest BCUT2D eigenvalue weighted by atomic mass is 32.1. The minimum absolute atomic E-state index is 0.176. The van der Waals surface area contributed by atoms with Crippen molar-refractivity contribution in [2.75, 3.05) is 0 Å². The average Bonchev–Trinajstić information content (AvgIpc) is 2.33. The summed E-state index contributed by atoms with van der Waals surface area (Å²) in [6.45, 7) is 0. The second kappa shape index (κ2) is 5.57. The zero-order valence-corrected chi connectivity index (χ0v) is 9.83. The molecule has 0 amide bonds. The molecule has 0 saturated heterocycles. The molecule has 0 bridgehead atoms. The van der Waals surface area contributed by atoms with Gasteiger partial charge in [-0.1, -0.05) is 49.6 Å². The van der Waals surface area contributed by atoms with Crippen molar-refractivity contribution >= 4 is 12.9 Å². The number of thiol groups is 1. The Balaban J connectivity index is 2.09. The van der Waals surface area contributed by atoms with E-state index in [4.69, 9.17) is 4.18 Å². The first-order valence-electron chi connectivity index (χ1n) is 5.77. The summed E-state index contributed by atoms with van der Waals surface area (Å²) in [5.41, 5.74) is 1.26. The van der Waals surface area contributed by atoms with Gasteiger partial charge >= 0.3 is 0 Å². The summed E-state index contributed by atoms with van der Waals surface area (Å²) in [4.78, 5) is 0. The fraction of sp³-hybridized carbons (Fsp3) is 0.538. The predicted molar refractivity (Wildman–Crippen MR) is 65.8 cm³/mol. The lowest BCUT2D eigenvalue weighted by Gasteiger charge is -2.28. The van der Waals surface area contributed by atoms with Crippen molar-refractivity contribution < 1.29 is 4.18 Å². The molecule has 0 aliphatic heterocycles. The molecular weight excluding hydrogens is 204 g/mol. The van der Waals surface area contributed by atoms with E-state index in [1.807, 2.05) is 6.07 Å². The van der Waals surface area contributed by atoms with Gasteiger partial charge in [-0.15, -0.1) is 0 Å². The molecule has 0 N–H and O–H groups in total. The van der Waals surface area contributed by atoms with Crippen molar-refractivity contribution in [3.05, 3.63) is 35.9 Å². The van der Waals surface area contributed by atoms with Crippen LogP contribution in [0.15, 0.2) is 30.3 Å². The van der Waals surface area contributed by atoms with E-state index in [2.05, 4.69) is 37.2 Å². The van der Waals surface area contributed by atoms with E-state index >= 15 is 0 Å². The van der Waals surface area contributed by atoms with Gasteiger partial charge in [-0.3, -0.25) is 0 Å². The lowest BCUT2D eigenvalue weighted by Crippen LogP contribution is -2.16. The smallest absolute Gasteiger partial charge is 0.0996 e. The third kappa shape index (κ3) is 2.76. The van der Waals surface area contributed by atoms with E-state index in [0.717, 1.165) is 0 Å². The Labute approximate surface area is 97.5 Å². The van der Waals surface area contributed by atoms with Crippen LogP contribution in [-0.4, -0.2) is 0 Å². The molecule has 1 atom stereocenters. The Bertz CT molecular complexity index is 280. The molecular formula is C13H18OS. The van der Waals surface area contributed by atoms with Gasteiger partial charge in [0.2, 0.25) is 0 Å². The first-order valence-corrected chi connectivity index (χ1v) is 6.13. The zero-order valence-electron chi connectivity index (χ0n) is 8.93. The van der Waals surface area contributed by atoms with Crippen LogP contribution in [0.5, 0.6) is 0 Å². The van der Waals surface area contributed by atoms with Crippen LogP contribution in [0.4, 0.5) is 0 Å². The van der Waals surface area contributed by atoms with Crippen LogP contribution >= 0.6 is 12.9 Å². The lowest BCUT2D eigenvalue weighted by molar-refractivity contribution is 0.135. The molecule has 15 heavy (non-hydrogen) atoms. The predicted octanol–water partition coefficient (Wildman–Crippen LogP) is 4.17. The van der Waals surface area contributed by atoms with Crippen LogP contribution in [-0.2, 0) is 4.18 Å². The van der Waals surface area contributed by atoms with Gasteiger partial charge in [0, 0.05) is 0 Å². The molecule has 1 saturated carbocycles. The first kappa shape index (κ1) is 11.0. The third-order valence-electron chi connectivity index (χ3n) is 3.32. The zero-order chi connectivity index (χ0) is 10.5. The van der Waals surface area contributed by atoms with E-state index in [1.165, 1.54) is 37.7 Å². The minimum Gasteiger partial charge on any atom is -0.310 e. The van der Waals surface area contributed by atoms with Gasteiger partial charge in [-0.25, -0.2) is 0 Å². The van der Waals surface area contributed by atoms with Gasteiger partial charge in [0.25, 0.3) is 0 Å². The maximum atomic E-state index is 5.37. The standard InChI is InChI=1S/C13H18OS/c15-14-13(11-7-3-1-4-8-11)12-9-5-2-6-10-12/h1,3-4,7-8,12-13,15H,2,5-6,9-10H2. The Hall–Kier alpha value is -0.470. The van der Waals surface area contributed by atoms with E-state index in [0.29, 0.717) is 5.92 Å². The van der Waals surface area contributed by atoms with Crippen molar-refractivity contribution in [3.63, 3.8) is 0 Å². The number of hydrogen-bond acceptors (Lipinski definition) is 2. The van der Waals surface area contributed by atoms with Gasteiger partial charge in [0.1, 0.15) is 0 Å². The average molecular weight is 222 g/mol. The van der Waals surface area contributed by atoms with Gasteiger partial charge < -0.3 is 4.18 Å². The van der Waals surface area contributed by atoms with Gasteiger partial charge in [-0.2, -0.15) is 0 Å². The SMILES string of the molecule is SOC(c1ccccc1)C1CCCCC1. The van der Waals surface area contributed by atoms with Crippen LogP contribution in [0.25, 0.3) is 0 Å². The monoisotopic (exact) mass is 222 g/mol. The summed E-state index contributed by atoms with van der Waals surface area (Å²) in [5.74, 6) is 0.652. The number of benzene rings is 1. The van der Waals surface area contributed by atoms with Crippen molar-refractivity contribution in [1.82, 2.24) is 0 Å². The summed E-state index contributed by atoms with van der Waals surface area (Å²) in [6.07, 6.45) is 6.79. The topological polar surface area (TPSA) is 9.23 Å². The third-order valence-corrected chi connectivity index (χ3v) is 3.55. The van der Waals surface area contributed by atoms with Crippen molar-refractivity contribution in [3.8, 4) is 0 Å². The molecule has 0 aromatic heterocycles. The second-order valence-electron chi connectivity index (χ2n) is 4.33. The molecule has 1 unspecified atom stereocenters. The number of hydrogen-bond donors (Lipinski definition) is 1. The lowest BCUT2D eigenvalue weighted by atomic mass is 9.83. The Kier molecular flexibility index (Phi) is 4.09. The first-order chi connectivity index (χ1) is 7.42. The molecule has 1 fully saturated rings. The highest BCUT2D eigenvalue weighted by Crippen LogP contribution is 2.37. The van der Waals surface area contributed by atoms with Crippen LogP contribution in [0.3, 0.4) is 0 Å². The van der Waals surface area contributed by atoms with Crippen LogP contribution in [0.1, 0.15) is 43.8 Å². The minimum atomic E-state index is 0.176. The summed E-state index contributed by atoms with van der Waals surface area (Å²) in [6, 6.07) is 10.4. The van der Waals surface area contributed by atoms with Gasteiger partial charge in [0.05, 0.1) is 6.10 Å². The van der Waals surface area contributed by atoms with Gasteiger partial charge in [0.15, 0.2) is 0 Å². The van der Waals surface area contributed by atoms with Crippen molar-refractivity contribution in [1.29, 1.82) is 0 Å². The summed E-state index contributed by atoms with van der Waals surface area (Å²) in [7, 11) is 0. The fourth-order valence-electron chi connectivity index (χ4n) is 2.50. The van der Waals surface area contributed by atoms with Crippen molar-refractivity contribution in [2.24, 2.45) is 5.92 Å². The van der Waals surface area contributed by atoms with E-state index < -0.39 is 0 Å². The summed E-state index contributed by atoms with van der Waals surface area (Å²) >= 11 is 4.04. The Morgan fingerprint density at radius 1 is 1.07 bits per heavy atom. The fourth-order valence-corrected chi connectivity index (χ4v) is 2.79. The highest BCUT2D eigenvalue weighted by Gasteiger charge is 2.24. The molecule has 0 spiro atoms. The molecule has 0 heterocycles. The van der Waals surface area contributed by atoms with Gasteiger partial charge in [-0.05, 0) is 37.2 Å². The quantitative estimate of drug-likeness (QED) is 0.596. The van der Waals surface area contributed by atoms with Crippen LogP contribution in [0, 0.1) is 5.92 Å². The second-order valence-corrected chi connectivity index (χ2v) is 4.55. The normalized spacial score (nSPS) is 20.1. The largest absolute Gasteiger partial charge is 0.310 e. The molecule has 1 aliphatic carbocycles. The molecule has 1 aromatic rings. The molecule has 2 rings (SSSR count). The molecule has 1 nitrogen and oxygen atoms in total. The van der Waals surface area contributed by atoms with E-state index in [-0.39, 0.29) is 6.10 Å². The molecule has 2 heteroatoms. The molecule has 1 aliphatic rings. The van der Waals surface area contributed by atoms with Crippen LogP contribution < -0.4 is 0 Å².